The molecule has 2 N–H and O–H groups in total. The first-order valence-corrected chi connectivity index (χ1v) is 9.65. The number of halogens is 2. The fourth-order valence-electron chi connectivity index (χ4n) is 3.52. The number of amides is 1. The lowest BCUT2D eigenvalue weighted by atomic mass is 10.0. The molecule has 0 saturated carbocycles. The van der Waals surface area contributed by atoms with Gasteiger partial charge in [-0.2, -0.15) is 0 Å². The summed E-state index contributed by atoms with van der Waals surface area (Å²) in [4.78, 5) is 20.2. The van der Waals surface area contributed by atoms with Crippen molar-refractivity contribution in [3.63, 3.8) is 0 Å². The lowest BCUT2D eigenvalue weighted by Crippen LogP contribution is -2.60. The van der Waals surface area contributed by atoms with Gasteiger partial charge in [-0.05, 0) is 11.6 Å². The smallest absolute Gasteiger partial charge is 0.224 e. The van der Waals surface area contributed by atoms with Gasteiger partial charge in [-0.1, -0.05) is 6.07 Å². The van der Waals surface area contributed by atoms with Crippen molar-refractivity contribution < 1.29 is 13.2 Å². The number of fused-ring (bicyclic) bond motifs is 1. The van der Waals surface area contributed by atoms with Gasteiger partial charge in [0.15, 0.2) is 9.84 Å². The van der Waals surface area contributed by atoms with E-state index >= 15 is 0 Å². The maximum absolute atomic E-state index is 12.2. The summed E-state index contributed by atoms with van der Waals surface area (Å²) in [6.45, 7) is 2.17. The molecular weight excluding hydrogens is 387 g/mol. The Morgan fingerprint density at radius 3 is 2.60 bits per heavy atom. The van der Waals surface area contributed by atoms with Gasteiger partial charge in [0, 0.05) is 51.0 Å². The lowest BCUT2D eigenvalue weighted by molar-refractivity contribution is -0.136. The Balaban J connectivity index is 0.00000156. The molecule has 2 saturated heterocycles. The van der Waals surface area contributed by atoms with Crippen LogP contribution in [0.15, 0.2) is 24.5 Å². The Kier molecular flexibility index (Phi) is 8.08. The third-order valence-corrected chi connectivity index (χ3v) is 6.28. The fourth-order valence-corrected chi connectivity index (χ4v) is 5.54. The van der Waals surface area contributed by atoms with Crippen LogP contribution in [0.1, 0.15) is 12.0 Å². The first-order valence-electron chi connectivity index (χ1n) is 7.83. The van der Waals surface area contributed by atoms with Crippen LogP contribution in [0, 0.1) is 0 Å². The number of nitrogens with two attached hydrogens (primary N) is 1. The zero-order valence-electron chi connectivity index (χ0n) is 13.8. The van der Waals surface area contributed by atoms with Crippen molar-refractivity contribution in [1.82, 2.24) is 14.8 Å². The minimum Gasteiger partial charge on any atom is -0.336 e. The number of sulfone groups is 1. The number of piperazine rings is 1. The fraction of sp³-hybridized carbons (Fsp3) is 0.600. The maximum atomic E-state index is 12.2. The highest BCUT2D eigenvalue weighted by Gasteiger charge is 2.47. The van der Waals surface area contributed by atoms with Crippen LogP contribution >= 0.6 is 24.8 Å². The molecule has 2 atom stereocenters. The zero-order valence-corrected chi connectivity index (χ0v) is 16.2. The van der Waals surface area contributed by atoms with E-state index in [1.165, 1.54) is 0 Å². The first-order chi connectivity index (χ1) is 11.0. The van der Waals surface area contributed by atoms with E-state index in [1.54, 1.807) is 17.3 Å². The molecule has 0 radical (unpaired) electrons. The number of carbonyl (C=O) groups excluding carboxylic acids is 1. The van der Waals surface area contributed by atoms with Gasteiger partial charge in [0.05, 0.1) is 17.5 Å². The highest BCUT2D eigenvalue weighted by Crippen LogP contribution is 2.28. The average Bonchev–Trinajstić information content (AvgIpc) is 2.84. The van der Waals surface area contributed by atoms with Gasteiger partial charge < -0.3 is 10.6 Å². The number of hydrogen-bond acceptors (Lipinski definition) is 6. The number of pyridine rings is 1. The third kappa shape index (κ3) is 5.04. The molecular formula is C15H24Cl2N4O3S. The molecule has 142 valence electrons. The van der Waals surface area contributed by atoms with E-state index in [1.807, 2.05) is 12.1 Å². The van der Waals surface area contributed by atoms with E-state index in [4.69, 9.17) is 5.73 Å². The van der Waals surface area contributed by atoms with Crippen molar-refractivity contribution in [3.8, 4) is 0 Å². The first kappa shape index (κ1) is 22.1. The monoisotopic (exact) mass is 410 g/mol. The lowest BCUT2D eigenvalue weighted by Gasteiger charge is -2.44. The highest BCUT2D eigenvalue weighted by molar-refractivity contribution is 7.91. The second kappa shape index (κ2) is 9.14. The predicted molar refractivity (Wildman–Crippen MR) is 101 cm³/mol. The molecule has 1 amide bonds. The summed E-state index contributed by atoms with van der Waals surface area (Å²) in [7, 11) is -3.12. The second-order valence-corrected chi connectivity index (χ2v) is 8.32. The number of nitrogens with zero attached hydrogens (tertiary/aromatic N) is 3. The maximum Gasteiger partial charge on any atom is 0.224 e. The molecule has 3 heterocycles. The van der Waals surface area contributed by atoms with Crippen LogP contribution in [-0.4, -0.2) is 72.3 Å². The minimum atomic E-state index is -3.12. The van der Waals surface area contributed by atoms with E-state index in [9.17, 15) is 13.2 Å². The van der Waals surface area contributed by atoms with Crippen molar-refractivity contribution in [2.45, 2.75) is 25.0 Å². The average molecular weight is 411 g/mol. The number of hydrogen-bond donors (Lipinski definition) is 1. The highest BCUT2D eigenvalue weighted by atomic mass is 35.5. The van der Waals surface area contributed by atoms with E-state index in [0.717, 1.165) is 5.56 Å². The van der Waals surface area contributed by atoms with Crippen LogP contribution in [0.25, 0.3) is 0 Å². The summed E-state index contributed by atoms with van der Waals surface area (Å²) in [6, 6.07) is 3.46. The topological polar surface area (TPSA) is 96.6 Å². The molecule has 10 heteroatoms. The molecule has 7 nitrogen and oxygen atoms in total. The van der Waals surface area contributed by atoms with E-state index in [0.29, 0.717) is 26.2 Å². The second-order valence-electron chi connectivity index (χ2n) is 6.17. The molecule has 2 fully saturated rings. The summed E-state index contributed by atoms with van der Waals surface area (Å²) >= 11 is 0. The predicted octanol–water partition coefficient (Wildman–Crippen LogP) is 0.0838. The molecule has 2 aliphatic rings. The normalized spacial score (nSPS) is 24.8. The molecule has 25 heavy (non-hydrogen) atoms. The molecule has 0 unspecified atom stereocenters. The quantitative estimate of drug-likeness (QED) is 0.754. The molecule has 0 aromatic carbocycles. The summed E-state index contributed by atoms with van der Waals surface area (Å²) in [5, 5.41) is 0. The van der Waals surface area contributed by atoms with Gasteiger partial charge in [-0.3, -0.25) is 14.7 Å². The summed E-state index contributed by atoms with van der Waals surface area (Å²) in [6.07, 6.45) is 3.78. The summed E-state index contributed by atoms with van der Waals surface area (Å²) < 4.78 is 24.2. The Labute approximate surface area is 160 Å². The van der Waals surface area contributed by atoms with Crippen LogP contribution < -0.4 is 5.73 Å². The Bertz CT molecular complexity index is 675. The van der Waals surface area contributed by atoms with E-state index in [-0.39, 0.29) is 60.7 Å². The molecule has 0 bridgehead atoms. The van der Waals surface area contributed by atoms with Crippen LogP contribution in [0.4, 0.5) is 0 Å². The molecule has 3 rings (SSSR count). The third-order valence-electron chi connectivity index (χ3n) is 4.58. The van der Waals surface area contributed by atoms with Crippen molar-refractivity contribution in [3.05, 3.63) is 30.1 Å². The Morgan fingerprint density at radius 1 is 1.24 bits per heavy atom. The van der Waals surface area contributed by atoms with Gasteiger partial charge in [0.25, 0.3) is 0 Å². The van der Waals surface area contributed by atoms with Crippen LogP contribution in [0.2, 0.25) is 0 Å². The number of rotatable bonds is 4. The van der Waals surface area contributed by atoms with Crippen molar-refractivity contribution in [2.24, 2.45) is 5.73 Å². The molecule has 1 aromatic heterocycles. The SMILES string of the molecule is Cl.Cl.NCCC(=O)N1CCN(Cc2cccnc2)[C@@H]2CS(=O)(=O)C[C@@H]21. The zero-order chi connectivity index (χ0) is 16.4. The van der Waals surface area contributed by atoms with Gasteiger partial charge in [-0.15, -0.1) is 24.8 Å². The molecule has 0 spiro atoms. The van der Waals surface area contributed by atoms with Crippen molar-refractivity contribution in [2.75, 3.05) is 31.1 Å². The Morgan fingerprint density at radius 2 is 1.96 bits per heavy atom. The summed E-state index contributed by atoms with van der Waals surface area (Å²) in [5.41, 5.74) is 6.53. The van der Waals surface area contributed by atoms with Crippen LogP contribution in [0.5, 0.6) is 0 Å². The molecule has 1 aromatic rings. The van der Waals surface area contributed by atoms with Crippen LogP contribution in [-0.2, 0) is 21.2 Å². The largest absolute Gasteiger partial charge is 0.336 e. The number of aromatic nitrogens is 1. The number of carbonyl (C=O) groups is 1. The van der Waals surface area contributed by atoms with Gasteiger partial charge >= 0.3 is 0 Å². The van der Waals surface area contributed by atoms with E-state index < -0.39 is 9.84 Å². The van der Waals surface area contributed by atoms with Crippen LogP contribution in [0.3, 0.4) is 0 Å². The summed E-state index contributed by atoms with van der Waals surface area (Å²) in [5.74, 6) is 0.127. The van der Waals surface area contributed by atoms with Crippen molar-refractivity contribution in [1.29, 1.82) is 0 Å². The van der Waals surface area contributed by atoms with Gasteiger partial charge in [0.1, 0.15) is 0 Å². The standard InChI is InChI=1S/C15H22N4O3S.2ClH/c16-4-3-15(20)19-7-6-18(9-12-2-1-5-17-8-12)13-10-23(21,22)11-14(13)19;;/h1-2,5,8,13-14H,3-4,6-7,9-11,16H2;2*1H/t13-,14+;;/m1../s1. The van der Waals surface area contributed by atoms with Gasteiger partial charge in [-0.25, -0.2) is 8.42 Å². The van der Waals surface area contributed by atoms with E-state index in [2.05, 4.69) is 9.88 Å². The molecule has 2 aliphatic heterocycles. The Hall–Kier alpha value is -0.930. The molecule has 0 aliphatic carbocycles. The van der Waals surface area contributed by atoms with Gasteiger partial charge in [0.2, 0.25) is 5.91 Å². The minimum absolute atomic E-state index is 0. The van der Waals surface area contributed by atoms with Crippen molar-refractivity contribution >= 4 is 40.6 Å².